The minimum atomic E-state index is -0.733. The fourth-order valence-electron chi connectivity index (χ4n) is 2.71. The van der Waals surface area contributed by atoms with Gasteiger partial charge in [-0.1, -0.05) is 11.6 Å². The topological polar surface area (TPSA) is 79.5 Å². The second kappa shape index (κ2) is 5.28. The monoisotopic (exact) mass is 265 g/mol. The normalized spacial score (nSPS) is 24.5. The van der Waals surface area contributed by atoms with E-state index >= 15 is 0 Å². The van der Waals surface area contributed by atoms with Gasteiger partial charge < -0.3 is 9.63 Å². The minimum Gasteiger partial charge on any atom is -0.481 e. The Morgan fingerprint density at radius 2 is 2.21 bits per heavy atom. The summed E-state index contributed by atoms with van der Waals surface area (Å²) in [5.74, 6) is 1.18. The molecule has 1 saturated heterocycles. The average molecular weight is 265 g/mol. The van der Waals surface area contributed by atoms with Crippen LogP contribution in [-0.4, -0.2) is 38.7 Å². The number of hydrogen-bond donors (Lipinski definition) is 1. The third-order valence-corrected chi connectivity index (χ3v) is 3.91. The van der Waals surface area contributed by atoms with Crippen LogP contribution >= 0.6 is 0 Å². The second-order valence-corrected chi connectivity index (χ2v) is 5.54. The Labute approximate surface area is 111 Å². The predicted molar refractivity (Wildman–Crippen MR) is 66.6 cm³/mol. The van der Waals surface area contributed by atoms with Crippen molar-refractivity contribution in [3.63, 3.8) is 0 Å². The number of carboxylic acids is 1. The smallest absolute Gasteiger partial charge is 0.304 e. The summed E-state index contributed by atoms with van der Waals surface area (Å²) in [4.78, 5) is 17.5. The first-order valence-corrected chi connectivity index (χ1v) is 7.00. The average Bonchev–Trinajstić information content (AvgIpc) is 3.12. The highest BCUT2D eigenvalue weighted by molar-refractivity contribution is 5.67. The number of aromatic nitrogens is 2. The summed E-state index contributed by atoms with van der Waals surface area (Å²) < 4.78 is 5.24. The van der Waals surface area contributed by atoms with E-state index in [1.807, 2.05) is 0 Å². The Morgan fingerprint density at radius 1 is 1.37 bits per heavy atom. The number of likely N-dealkylation sites (tertiary alicyclic amines) is 1. The summed E-state index contributed by atoms with van der Waals surface area (Å²) in [5.41, 5.74) is 0. The van der Waals surface area contributed by atoms with Crippen molar-refractivity contribution in [1.82, 2.24) is 15.0 Å². The van der Waals surface area contributed by atoms with Crippen molar-refractivity contribution in [2.75, 3.05) is 6.54 Å². The van der Waals surface area contributed by atoms with Gasteiger partial charge in [0.25, 0.3) is 0 Å². The maximum absolute atomic E-state index is 10.9. The van der Waals surface area contributed by atoms with Crippen LogP contribution in [0.2, 0.25) is 0 Å². The van der Waals surface area contributed by atoms with Crippen molar-refractivity contribution in [2.24, 2.45) is 0 Å². The Kier molecular flexibility index (Phi) is 3.50. The maximum atomic E-state index is 10.9. The lowest BCUT2D eigenvalue weighted by Crippen LogP contribution is -2.40. The summed E-state index contributed by atoms with van der Waals surface area (Å²) in [6, 6.07) is 0.106. The number of nitrogens with zero attached hydrogens (tertiary/aromatic N) is 3. The summed E-state index contributed by atoms with van der Waals surface area (Å²) in [7, 11) is 0. The van der Waals surface area contributed by atoms with Gasteiger partial charge in [0.1, 0.15) is 0 Å². The zero-order valence-corrected chi connectivity index (χ0v) is 10.9. The van der Waals surface area contributed by atoms with E-state index in [2.05, 4.69) is 15.0 Å². The number of aliphatic carboxylic acids is 1. The van der Waals surface area contributed by atoms with E-state index in [0.717, 1.165) is 44.5 Å². The van der Waals surface area contributed by atoms with E-state index in [9.17, 15) is 4.79 Å². The highest BCUT2D eigenvalue weighted by Gasteiger charge is 2.31. The molecule has 2 aliphatic rings. The highest BCUT2D eigenvalue weighted by Crippen LogP contribution is 2.38. The van der Waals surface area contributed by atoms with E-state index in [4.69, 9.17) is 9.63 Å². The van der Waals surface area contributed by atoms with Crippen molar-refractivity contribution < 1.29 is 14.4 Å². The number of carboxylic acid groups (broad SMARTS) is 1. The molecule has 1 N–H and O–H groups in total. The van der Waals surface area contributed by atoms with Crippen LogP contribution in [0.4, 0.5) is 0 Å². The molecule has 2 heterocycles. The molecular formula is C13H19N3O3. The molecule has 2 fully saturated rings. The summed E-state index contributed by atoms with van der Waals surface area (Å²) in [6.45, 7) is 1.53. The lowest BCUT2D eigenvalue weighted by atomic mass is 9.99. The molecule has 1 aliphatic heterocycles. The van der Waals surface area contributed by atoms with Gasteiger partial charge in [-0.2, -0.15) is 4.98 Å². The summed E-state index contributed by atoms with van der Waals surface area (Å²) in [5, 5.41) is 13.0. The largest absolute Gasteiger partial charge is 0.481 e. The van der Waals surface area contributed by atoms with Crippen molar-refractivity contribution in [3.8, 4) is 0 Å². The zero-order chi connectivity index (χ0) is 13.2. The van der Waals surface area contributed by atoms with Crippen LogP contribution in [-0.2, 0) is 11.3 Å². The van der Waals surface area contributed by atoms with Crippen LogP contribution in [0.5, 0.6) is 0 Å². The fourth-order valence-corrected chi connectivity index (χ4v) is 2.71. The molecule has 0 bridgehead atoms. The molecule has 1 saturated carbocycles. The first kappa shape index (κ1) is 12.6. The van der Waals surface area contributed by atoms with Crippen LogP contribution in [0.25, 0.3) is 0 Å². The van der Waals surface area contributed by atoms with Gasteiger partial charge >= 0.3 is 5.97 Å². The summed E-state index contributed by atoms with van der Waals surface area (Å²) >= 11 is 0. The Balaban J connectivity index is 1.63. The third-order valence-electron chi connectivity index (χ3n) is 3.91. The molecule has 6 heteroatoms. The van der Waals surface area contributed by atoms with E-state index in [1.54, 1.807) is 0 Å². The second-order valence-electron chi connectivity index (χ2n) is 5.54. The van der Waals surface area contributed by atoms with Gasteiger partial charge in [-0.15, -0.1) is 0 Å². The van der Waals surface area contributed by atoms with E-state index in [-0.39, 0.29) is 12.5 Å². The quantitative estimate of drug-likeness (QED) is 0.874. The standard InChI is InChI=1S/C13H19N3O3/c17-12(18)7-10-3-1-2-6-16(10)8-11-14-13(19-15-11)9-4-5-9/h9-10H,1-8H2,(H,17,18). The van der Waals surface area contributed by atoms with Crippen LogP contribution in [0, 0.1) is 0 Å². The molecule has 0 radical (unpaired) electrons. The highest BCUT2D eigenvalue weighted by atomic mass is 16.5. The SMILES string of the molecule is O=C(O)CC1CCCCN1Cc1noc(C2CC2)n1. The molecule has 1 atom stereocenters. The molecule has 1 aromatic heterocycles. The van der Waals surface area contributed by atoms with Crippen LogP contribution in [0.1, 0.15) is 56.2 Å². The molecule has 0 spiro atoms. The predicted octanol–water partition coefficient (Wildman–Crippen LogP) is 1.78. The van der Waals surface area contributed by atoms with Gasteiger partial charge in [0.15, 0.2) is 5.82 Å². The lowest BCUT2D eigenvalue weighted by Gasteiger charge is -2.33. The van der Waals surface area contributed by atoms with Gasteiger partial charge in [-0.25, -0.2) is 0 Å². The van der Waals surface area contributed by atoms with Crippen LogP contribution in [0.15, 0.2) is 4.52 Å². The van der Waals surface area contributed by atoms with Gasteiger partial charge in [0.05, 0.1) is 13.0 Å². The lowest BCUT2D eigenvalue weighted by molar-refractivity contribution is -0.138. The zero-order valence-electron chi connectivity index (χ0n) is 10.9. The molecular weight excluding hydrogens is 246 g/mol. The van der Waals surface area contributed by atoms with Crippen LogP contribution < -0.4 is 0 Å². The van der Waals surface area contributed by atoms with Crippen LogP contribution in [0.3, 0.4) is 0 Å². The first-order chi connectivity index (χ1) is 9.22. The summed E-state index contributed by atoms with van der Waals surface area (Å²) in [6.07, 6.45) is 5.66. The van der Waals surface area contributed by atoms with E-state index in [1.165, 1.54) is 0 Å². The number of hydrogen-bond acceptors (Lipinski definition) is 5. The third kappa shape index (κ3) is 3.12. The van der Waals surface area contributed by atoms with E-state index < -0.39 is 5.97 Å². The molecule has 19 heavy (non-hydrogen) atoms. The van der Waals surface area contributed by atoms with Gasteiger partial charge in [-0.05, 0) is 32.2 Å². The van der Waals surface area contributed by atoms with E-state index in [0.29, 0.717) is 18.3 Å². The van der Waals surface area contributed by atoms with Gasteiger partial charge in [0, 0.05) is 12.0 Å². The Morgan fingerprint density at radius 3 is 2.95 bits per heavy atom. The molecule has 1 aromatic rings. The van der Waals surface area contributed by atoms with Crippen molar-refractivity contribution in [2.45, 2.75) is 57.0 Å². The van der Waals surface area contributed by atoms with Gasteiger partial charge in [0.2, 0.25) is 5.89 Å². The number of rotatable bonds is 5. The van der Waals surface area contributed by atoms with Crippen molar-refractivity contribution in [1.29, 1.82) is 0 Å². The molecule has 104 valence electrons. The first-order valence-electron chi connectivity index (χ1n) is 7.00. The molecule has 1 unspecified atom stereocenters. The molecule has 0 aromatic carbocycles. The number of carbonyl (C=O) groups is 1. The maximum Gasteiger partial charge on any atom is 0.304 e. The van der Waals surface area contributed by atoms with Gasteiger partial charge in [-0.3, -0.25) is 9.69 Å². The number of piperidine rings is 1. The minimum absolute atomic E-state index is 0.106. The van der Waals surface area contributed by atoms with Crippen molar-refractivity contribution in [3.05, 3.63) is 11.7 Å². The molecule has 3 rings (SSSR count). The molecule has 1 aliphatic carbocycles. The molecule has 0 amide bonds. The Bertz CT molecular complexity index is 456. The fraction of sp³-hybridized carbons (Fsp3) is 0.769. The Hall–Kier alpha value is -1.43. The molecule has 6 nitrogen and oxygen atoms in total. The van der Waals surface area contributed by atoms with Crippen molar-refractivity contribution >= 4 is 5.97 Å².